The van der Waals surface area contributed by atoms with Crippen molar-refractivity contribution in [3.05, 3.63) is 29.6 Å². The van der Waals surface area contributed by atoms with Crippen LogP contribution in [0.4, 0.5) is 9.18 Å². The Labute approximate surface area is 142 Å². The van der Waals surface area contributed by atoms with Crippen LogP contribution in [0, 0.1) is 5.82 Å². The maximum absolute atomic E-state index is 13.3. The average Bonchev–Trinajstić information content (AvgIpc) is 2.85. The van der Waals surface area contributed by atoms with E-state index >= 15 is 0 Å². The van der Waals surface area contributed by atoms with Gasteiger partial charge in [-0.15, -0.1) is 0 Å². The summed E-state index contributed by atoms with van der Waals surface area (Å²) in [5, 5.41) is 7.00. The van der Waals surface area contributed by atoms with Crippen molar-refractivity contribution < 1.29 is 23.8 Å². The van der Waals surface area contributed by atoms with E-state index < -0.39 is 5.60 Å². The summed E-state index contributed by atoms with van der Waals surface area (Å²) in [7, 11) is 1.00. The zero-order chi connectivity index (χ0) is 18.0. The van der Waals surface area contributed by atoms with Crippen LogP contribution >= 0.6 is 0 Å². The Kier molecular flexibility index (Phi) is 5.38. The van der Waals surface area contributed by atoms with Crippen molar-refractivity contribution in [2.24, 2.45) is 0 Å². The van der Waals surface area contributed by atoms with Gasteiger partial charge in [0, 0.05) is 45.5 Å². The Hall–Kier alpha value is -1.82. The zero-order valence-electron chi connectivity index (χ0n) is 14.8. The van der Waals surface area contributed by atoms with Crippen LogP contribution in [-0.2, 0) is 11.2 Å². The lowest BCUT2D eigenvalue weighted by Crippen LogP contribution is -2.50. The number of benzene rings is 1. The molecule has 2 aliphatic rings. The van der Waals surface area contributed by atoms with Crippen molar-refractivity contribution in [1.82, 2.24) is 4.90 Å². The van der Waals surface area contributed by atoms with Gasteiger partial charge in [-0.1, -0.05) is 6.07 Å². The van der Waals surface area contributed by atoms with E-state index in [2.05, 4.69) is 0 Å². The van der Waals surface area contributed by atoms with Gasteiger partial charge in [-0.05, 0) is 32.4 Å². The molecule has 1 spiro atoms. The molecule has 134 valence electrons. The number of carbonyl (C=O) groups excluding carboxylic acids is 1. The molecule has 0 radical (unpaired) electrons. The molecule has 1 saturated heterocycles. The molecule has 24 heavy (non-hydrogen) atoms. The molecule has 1 aromatic rings. The van der Waals surface area contributed by atoms with E-state index in [-0.39, 0.29) is 17.5 Å². The SMILES string of the molecule is CC(C)(C)OC(=O)N1CCC2(CC1)Cc1ccc(F)cc1O2.CO. The maximum atomic E-state index is 13.3. The van der Waals surface area contributed by atoms with E-state index in [0.717, 1.165) is 31.9 Å². The maximum Gasteiger partial charge on any atom is 0.410 e. The van der Waals surface area contributed by atoms with Crippen LogP contribution in [0.15, 0.2) is 18.2 Å². The van der Waals surface area contributed by atoms with Crippen LogP contribution in [0.5, 0.6) is 5.75 Å². The Bertz CT molecular complexity index is 589. The number of amides is 1. The molecule has 0 saturated carbocycles. The Morgan fingerprint density at radius 2 is 1.92 bits per heavy atom. The van der Waals surface area contributed by atoms with Gasteiger partial charge < -0.3 is 19.5 Å². The van der Waals surface area contributed by atoms with Gasteiger partial charge >= 0.3 is 6.09 Å². The van der Waals surface area contributed by atoms with Crippen LogP contribution in [0.2, 0.25) is 0 Å². The lowest BCUT2D eigenvalue weighted by molar-refractivity contribution is -0.00891. The summed E-state index contributed by atoms with van der Waals surface area (Å²) >= 11 is 0. The number of hydrogen-bond acceptors (Lipinski definition) is 4. The third-order valence-electron chi connectivity index (χ3n) is 4.19. The number of piperidine rings is 1. The topological polar surface area (TPSA) is 59.0 Å². The second kappa shape index (κ2) is 6.97. The smallest absolute Gasteiger partial charge is 0.410 e. The average molecular weight is 339 g/mol. The number of carbonyl (C=O) groups is 1. The van der Waals surface area contributed by atoms with Crippen molar-refractivity contribution in [2.75, 3.05) is 20.2 Å². The van der Waals surface area contributed by atoms with Gasteiger partial charge in [0.2, 0.25) is 0 Å². The van der Waals surface area contributed by atoms with E-state index in [9.17, 15) is 9.18 Å². The van der Waals surface area contributed by atoms with Gasteiger partial charge in [-0.3, -0.25) is 0 Å². The second-order valence-electron chi connectivity index (χ2n) is 7.18. The van der Waals surface area contributed by atoms with Gasteiger partial charge in [-0.2, -0.15) is 0 Å². The van der Waals surface area contributed by atoms with Crippen molar-refractivity contribution in [2.45, 2.75) is 51.2 Å². The number of hydrogen-bond donors (Lipinski definition) is 1. The highest BCUT2D eigenvalue weighted by atomic mass is 19.1. The third-order valence-corrected chi connectivity index (χ3v) is 4.19. The first-order valence-corrected chi connectivity index (χ1v) is 8.17. The highest BCUT2D eigenvalue weighted by Gasteiger charge is 2.43. The first-order valence-electron chi connectivity index (χ1n) is 8.17. The molecule has 6 heteroatoms. The number of ether oxygens (including phenoxy) is 2. The highest BCUT2D eigenvalue weighted by molar-refractivity contribution is 5.68. The molecule has 0 aliphatic carbocycles. The number of likely N-dealkylation sites (tertiary alicyclic amines) is 1. The van der Waals surface area contributed by atoms with Gasteiger partial charge in [-0.25, -0.2) is 9.18 Å². The minimum Gasteiger partial charge on any atom is -0.486 e. The number of halogens is 1. The highest BCUT2D eigenvalue weighted by Crippen LogP contribution is 2.41. The second-order valence-corrected chi connectivity index (χ2v) is 7.18. The number of fused-ring (bicyclic) bond motifs is 1. The number of aliphatic hydroxyl groups is 1. The minimum absolute atomic E-state index is 0.274. The van der Waals surface area contributed by atoms with Crippen LogP contribution in [0.1, 0.15) is 39.2 Å². The molecule has 1 N–H and O–H groups in total. The van der Waals surface area contributed by atoms with Crippen LogP contribution in [-0.4, -0.2) is 47.5 Å². The first kappa shape index (κ1) is 18.5. The summed E-state index contributed by atoms with van der Waals surface area (Å²) in [5.41, 5.74) is 0.269. The molecular weight excluding hydrogens is 313 g/mol. The van der Waals surface area contributed by atoms with E-state index in [1.807, 2.05) is 20.8 Å². The molecule has 0 unspecified atom stereocenters. The van der Waals surface area contributed by atoms with Crippen LogP contribution in [0.25, 0.3) is 0 Å². The van der Waals surface area contributed by atoms with Crippen molar-refractivity contribution in [3.8, 4) is 5.75 Å². The standard InChI is InChI=1S/C17H22FNO3.CH4O/c1-16(2,3)22-15(20)19-8-6-17(7-9-19)11-12-4-5-13(18)10-14(12)21-17;1-2/h4-5,10H,6-9,11H2,1-3H3;2H,1H3. The fraction of sp³-hybridized carbons (Fsp3) is 0.611. The van der Waals surface area contributed by atoms with Crippen LogP contribution in [0.3, 0.4) is 0 Å². The van der Waals surface area contributed by atoms with Gasteiger partial charge in [0.1, 0.15) is 22.8 Å². The molecule has 3 rings (SSSR count). The first-order chi connectivity index (χ1) is 11.3. The quantitative estimate of drug-likeness (QED) is 0.789. The largest absolute Gasteiger partial charge is 0.486 e. The Morgan fingerprint density at radius 1 is 1.29 bits per heavy atom. The van der Waals surface area contributed by atoms with E-state index in [4.69, 9.17) is 14.6 Å². The minimum atomic E-state index is -0.482. The zero-order valence-corrected chi connectivity index (χ0v) is 14.8. The molecule has 1 aromatic carbocycles. The number of nitrogens with zero attached hydrogens (tertiary/aromatic N) is 1. The van der Waals surface area contributed by atoms with Crippen molar-refractivity contribution in [3.63, 3.8) is 0 Å². The fourth-order valence-electron chi connectivity index (χ4n) is 3.09. The lowest BCUT2D eigenvalue weighted by Gasteiger charge is -2.39. The molecule has 0 atom stereocenters. The summed E-state index contributed by atoms with van der Waals surface area (Å²) < 4.78 is 24.7. The molecule has 2 aliphatic heterocycles. The van der Waals surface area contributed by atoms with E-state index in [1.54, 1.807) is 11.0 Å². The fourth-order valence-corrected chi connectivity index (χ4v) is 3.09. The Balaban J connectivity index is 0.00000100. The number of rotatable bonds is 0. The summed E-state index contributed by atoms with van der Waals surface area (Å²) in [4.78, 5) is 13.8. The molecule has 0 bridgehead atoms. The predicted molar refractivity (Wildman–Crippen MR) is 88.6 cm³/mol. The molecule has 0 aromatic heterocycles. The summed E-state index contributed by atoms with van der Waals surface area (Å²) in [6.45, 7) is 6.79. The molecule has 2 heterocycles. The van der Waals surface area contributed by atoms with Crippen molar-refractivity contribution >= 4 is 6.09 Å². The van der Waals surface area contributed by atoms with Crippen LogP contribution < -0.4 is 4.74 Å². The Morgan fingerprint density at radius 3 is 2.50 bits per heavy atom. The van der Waals surface area contributed by atoms with Gasteiger partial charge in [0.25, 0.3) is 0 Å². The third kappa shape index (κ3) is 4.17. The monoisotopic (exact) mass is 339 g/mol. The lowest BCUT2D eigenvalue weighted by atomic mass is 9.87. The van der Waals surface area contributed by atoms with E-state index in [1.165, 1.54) is 12.1 Å². The van der Waals surface area contributed by atoms with E-state index in [0.29, 0.717) is 18.8 Å². The molecule has 1 amide bonds. The normalized spacial score (nSPS) is 18.3. The van der Waals surface area contributed by atoms with Crippen molar-refractivity contribution in [1.29, 1.82) is 0 Å². The number of aliphatic hydroxyl groups excluding tert-OH is 1. The predicted octanol–water partition coefficient (Wildman–Crippen LogP) is 3.14. The summed E-state index contributed by atoms with van der Waals surface area (Å²) in [5.74, 6) is 0.368. The molecular formula is C18H26FNO4. The molecule has 5 nitrogen and oxygen atoms in total. The van der Waals surface area contributed by atoms with Gasteiger partial charge in [0.05, 0.1) is 0 Å². The van der Waals surface area contributed by atoms with Gasteiger partial charge in [0.15, 0.2) is 0 Å². The summed E-state index contributed by atoms with van der Waals surface area (Å²) in [6, 6.07) is 4.71. The summed E-state index contributed by atoms with van der Waals surface area (Å²) in [6.07, 6.45) is 1.99. The molecule has 1 fully saturated rings.